The summed E-state index contributed by atoms with van der Waals surface area (Å²) >= 11 is 0. The van der Waals surface area contributed by atoms with Crippen LogP contribution in [-0.2, 0) is 16.0 Å². The van der Waals surface area contributed by atoms with Gasteiger partial charge >= 0.3 is 6.03 Å². The van der Waals surface area contributed by atoms with E-state index in [0.717, 1.165) is 5.56 Å². The van der Waals surface area contributed by atoms with Gasteiger partial charge in [0.05, 0.1) is 30.4 Å². The molecule has 228 valence electrons. The normalized spacial score (nSPS) is 16.6. The Hall–Kier alpha value is -5.57. The summed E-state index contributed by atoms with van der Waals surface area (Å²) in [5, 5.41) is 5.94. The molecule has 9 heteroatoms. The molecule has 4 aromatic rings. The molecule has 0 fully saturated rings. The van der Waals surface area contributed by atoms with Gasteiger partial charge in [-0.1, -0.05) is 78.9 Å². The van der Waals surface area contributed by atoms with E-state index < -0.39 is 12.1 Å². The first-order chi connectivity index (χ1) is 22.0. The van der Waals surface area contributed by atoms with E-state index in [1.54, 1.807) is 11.9 Å². The zero-order valence-corrected chi connectivity index (χ0v) is 24.9. The number of nitrogens with zero attached hydrogens (tertiary/aromatic N) is 2. The maximum atomic E-state index is 14.3. The van der Waals surface area contributed by atoms with Crippen molar-refractivity contribution in [1.29, 1.82) is 0 Å². The minimum absolute atomic E-state index is 0.125. The fourth-order valence-corrected chi connectivity index (χ4v) is 5.63. The number of carbonyl (C=O) groups is 3. The van der Waals surface area contributed by atoms with Gasteiger partial charge in [0.1, 0.15) is 29.9 Å². The third-order valence-electron chi connectivity index (χ3n) is 7.92. The maximum absolute atomic E-state index is 14.3. The molecular formula is C36H34N4O5. The minimum atomic E-state index is -0.806. The largest absolute Gasteiger partial charge is 0.492 e. The van der Waals surface area contributed by atoms with Crippen molar-refractivity contribution in [1.82, 2.24) is 20.4 Å². The van der Waals surface area contributed by atoms with Gasteiger partial charge in [0.2, 0.25) is 5.91 Å². The van der Waals surface area contributed by atoms with Crippen molar-refractivity contribution >= 4 is 17.8 Å². The SMILES string of the molecule is CN1C(=O)N[C@@H](c2cccc(Oc3ccccc3)c2)C2=C1CN([C@@H](Cc1ccccc1)C(=O)NCCOc1ccccc1)C2=O. The lowest BCUT2D eigenvalue weighted by molar-refractivity contribution is -0.136. The van der Waals surface area contributed by atoms with Gasteiger partial charge in [-0.25, -0.2) is 4.79 Å². The van der Waals surface area contributed by atoms with Gasteiger partial charge in [-0.2, -0.15) is 0 Å². The summed E-state index contributed by atoms with van der Waals surface area (Å²) in [7, 11) is 1.64. The number of ether oxygens (including phenoxy) is 2. The second-order valence-electron chi connectivity index (χ2n) is 10.9. The number of para-hydroxylation sites is 2. The Balaban J connectivity index is 1.24. The Bertz CT molecular complexity index is 1690. The molecule has 0 spiro atoms. The average molecular weight is 603 g/mol. The number of benzene rings is 4. The highest BCUT2D eigenvalue weighted by molar-refractivity contribution is 6.03. The third-order valence-corrected chi connectivity index (χ3v) is 7.92. The van der Waals surface area contributed by atoms with Crippen LogP contribution < -0.4 is 20.1 Å². The van der Waals surface area contributed by atoms with Crippen LogP contribution in [0.1, 0.15) is 17.2 Å². The molecule has 2 heterocycles. The van der Waals surface area contributed by atoms with Crippen molar-refractivity contribution in [3.63, 3.8) is 0 Å². The first-order valence-corrected chi connectivity index (χ1v) is 14.9. The third kappa shape index (κ3) is 6.67. The standard InChI is InChI=1S/C36H34N4O5/c1-39-31-24-40(30(22-25-12-5-2-6-13-25)34(41)37-20-21-44-27-15-7-3-8-16-27)35(42)32(31)33(38-36(39)43)26-14-11-19-29(23-26)45-28-17-9-4-10-18-28/h2-19,23,30,33H,20-22,24H2,1H3,(H,37,41)(H,38,43)/t30-,33-/m0/s1. The van der Waals surface area contributed by atoms with E-state index in [9.17, 15) is 14.4 Å². The molecule has 0 saturated heterocycles. The number of amides is 4. The zero-order chi connectivity index (χ0) is 31.2. The van der Waals surface area contributed by atoms with Crippen LogP contribution in [0.4, 0.5) is 4.79 Å². The Morgan fingerprint density at radius 3 is 2.22 bits per heavy atom. The molecule has 0 bridgehead atoms. The van der Waals surface area contributed by atoms with Crippen LogP contribution >= 0.6 is 0 Å². The molecule has 2 aliphatic rings. The van der Waals surface area contributed by atoms with Crippen LogP contribution in [0.5, 0.6) is 17.2 Å². The fraction of sp³-hybridized carbons (Fsp3) is 0.194. The van der Waals surface area contributed by atoms with Crippen molar-refractivity contribution in [2.24, 2.45) is 0 Å². The summed E-state index contributed by atoms with van der Waals surface area (Å²) < 4.78 is 11.8. The number of urea groups is 1. The highest BCUT2D eigenvalue weighted by Gasteiger charge is 2.46. The Morgan fingerprint density at radius 1 is 0.867 bits per heavy atom. The molecule has 45 heavy (non-hydrogen) atoms. The average Bonchev–Trinajstić information content (AvgIpc) is 3.41. The van der Waals surface area contributed by atoms with E-state index in [1.807, 2.05) is 115 Å². The molecule has 2 N–H and O–H groups in total. The van der Waals surface area contributed by atoms with Gasteiger partial charge in [0, 0.05) is 13.5 Å². The van der Waals surface area contributed by atoms with Crippen LogP contribution in [0.3, 0.4) is 0 Å². The molecule has 0 aromatic heterocycles. The van der Waals surface area contributed by atoms with Gasteiger partial charge in [-0.05, 0) is 47.5 Å². The molecular weight excluding hydrogens is 568 g/mol. The van der Waals surface area contributed by atoms with Crippen LogP contribution in [0.15, 0.2) is 127 Å². The van der Waals surface area contributed by atoms with Crippen LogP contribution in [0.25, 0.3) is 0 Å². The number of rotatable bonds is 11. The summed E-state index contributed by atoms with van der Waals surface area (Å²) in [6.07, 6.45) is 0.314. The number of carbonyl (C=O) groups excluding carboxylic acids is 3. The van der Waals surface area contributed by atoms with Gasteiger partial charge in [0.25, 0.3) is 5.91 Å². The first-order valence-electron chi connectivity index (χ1n) is 14.9. The van der Waals surface area contributed by atoms with Crippen LogP contribution in [0.2, 0.25) is 0 Å². The summed E-state index contributed by atoms with van der Waals surface area (Å²) in [5.41, 5.74) is 2.63. The Morgan fingerprint density at radius 2 is 1.51 bits per heavy atom. The number of hydrogen-bond acceptors (Lipinski definition) is 5. The van der Waals surface area contributed by atoms with Crippen LogP contribution in [0, 0.1) is 0 Å². The van der Waals surface area contributed by atoms with E-state index in [1.165, 1.54) is 4.90 Å². The molecule has 4 aromatic carbocycles. The molecule has 0 unspecified atom stereocenters. The topological polar surface area (TPSA) is 100 Å². The molecule has 0 aliphatic carbocycles. The van der Waals surface area contributed by atoms with Gasteiger partial charge in [-0.3, -0.25) is 14.5 Å². The fourth-order valence-electron chi connectivity index (χ4n) is 5.63. The predicted octanol–water partition coefficient (Wildman–Crippen LogP) is 5.08. The number of hydrogen-bond donors (Lipinski definition) is 2. The molecule has 0 saturated carbocycles. The van der Waals surface area contributed by atoms with Crippen molar-refractivity contribution < 1.29 is 23.9 Å². The molecule has 2 atom stereocenters. The van der Waals surface area contributed by atoms with Crippen molar-refractivity contribution in [3.8, 4) is 17.2 Å². The highest BCUT2D eigenvalue weighted by Crippen LogP contribution is 2.38. The van der Waals surface area contributed by atoms with E-state index in [-0.39, 0.29) is 37.5 Å². The summed E-state index contributed by atoms with van der Waals surface area (Å²) in [4.78, 5) is 44.1. The molecule has 6 rings (SSSR count). The lowest BCUT2D eigenvalue weighted by atomic mass is 9.95. The summed E-state index contributed by atoms with van der Waals surface area (Å²) in [5.74, 6) is 1.38. The van der Waals surface area contributed by atoms with Gasteiger partial charge < -0.3 is 25.0 Å². The van der Waals surface area contributed by atoms with Gasteiger partial charge in [-0.15, -0.1) is 0 Å². The molecule has 9 nitrogen and oxygen atoms in total. The number of likely N-dealkylation sites (N-methyl/N-ethyl adjacent to an activating group) is 1. The van der Waals surface area contributed by atoms with E-state index >= 15 is 0 Å². The van der Waals surface area contributed by atoms with Crippen molar-refractivity contribution in [2.45, 2.75) is 18.5 Å². The lowest BCUT2D eigenvalue weighted by Crippen LogP contribution is -2.50. The molecule has 0 radical (unpaired) electrons. The Labute approximate surface area is 262 Å². The predicted molar refractivity (Wildman–Crippen MR) is 170 cm³/mol. The lowest BCUT2D eigenvalue weighted by Gasteiger charge is -2.31. The highest BCUT2D eigenvalue weighted by atomic mass is 16.5. The second-order valence-corrected chi connectivity index (χ2v) is 10.9. The molecule has 2 aliphatic heterocycles. The van der Waals surface area contributed by atoms with E-state index in [4.69, 9.17) is 9.47 Å². The second kappa shape index (κ2) is 13.4. The maximum Gasteiger partial charge on any atom is 0.322 e. The molecule has 4 amide bonds. The Kier molecular flexibility index (Phi) is 8.77. The van der Waals surface area contributed by atoms with Gasteiger partial charge in [0.15, 0.2) is 0 Å². The summed E-state index contributed by atoms with van der Waals surface area (Å²) in [6.45, 7) is 0.673. The van der Waals surface area contributed by atoms with Crippen LogP contribution in [-0.4, -0.2) is 60.4 Å². The van der Waals surface area contributed by atoms with E-state index in [0.29, 0.717) is 40.5 Å². The number of nitrogens with one attached hydrogen (secondary N) is 2. The smallest absolute Gasteiger partial charge is 0.322 e. The summed E-state index contributed by atoms with van der Waals surface area (Å²) in [6, 6.07) is 33.9. The van der Waals surface area contributed by atoms with E-state index in [2.05, 4.69) is 10.6 Å². The quantitative estimate of drug-likeness (QED) is 0.234. The minimum Gasteiger partial charge on any atom is -0.492 e. The first kappa shape index (κ1) is 29.5. The monoisotopic (exact) mass is 602 g/mol. The van der Waals surface area contributed by atoms with Crippen molar-refractivity contribution in [3.05, 3.63) is 138 Å². The van der Waals surface area contributed by atoms with Crippen molar-refractivity contribution in [2.75, 3.05) is 26.7 Å². The zero-order valence-electron chi connectivity index (χ0n) is 24.9.